The molecule has 1 aliphatic rings. The van der Waals surface area contributed by atoms with Crippen LogP contribution in [0, 0.1) is 11.6 Å². The Kier molecular flexibility index (Phi) is 5.15. The fourth-order valence-electron chi connectivity index (χ4n) is 1.98. The van der Waals surface area contributed by atoms with E-state index < -0.39 is 11.6 Å². The number of halogens is 4. The first-order chi connectivity index (χ1) is 7.18. The molecule has 16 heavy (non-hydrogen) atoms. The molecule has 1 heterocycles. The van der Waals surface area contributed by atoms with E-state index in [0.29, 0.717) is 4.47 Å². The zero-order valence-corrected chi connectivity index (χ0v) is 11.0. The molecule has 0 aliphatic carbocycles. The molecule has 0 amide bonds. The molecule has 2 rings (SSSR count). The summed E-state index contributed by atoms with van der Waals surface area (Å²) in [5.41, 5.74) is 0.179. The Bertz CT molecular complexity index is 344. The van der Waals surface area contributed by atoms with Crippen LogP contribution < -0.4 is 5.32 Å². The van der Waals surface area contributed by atoms with Crippen molar-refractivity contribution in [1.29, 1.82) is 0 Å². The molecule has 0 spiro atoms. The van der Waals surface area contributed by atoms with E-state index in [-0.39, 0.29) is 24.0 Å². The summed E-state index contributed by atoms with van der Waals surface area (Å²) in [5, 5.41) is 3.14. The molecule has 1 aromatic rings. The van der Waals surface area contributed by atoms with Crippen LogP contribution >= 0.6 is 28.3 Å². The van der Waals surface area contributed by atoms with Gasteiger partial charge in [0.05, 0.1) is 0 Å². The van der Waals surface area contributed by atoms with Crippen molar-refractivity contribution in [2.75, 3.05) is 6.54 Å². The molecule has 0 unspecified atom stereocenters. The maximum atomic E-state index is 13.6. The first-order valence-electron chi connectivity index (χ1n) is 5.06. The summed E-state index contributed by atoms with van der Waals surface area (Å²) >= 11 is 3.07. The Balaban J connectivity index is 0.00000128. The molecule has 1 aliphatic heterocycles. The fraction of sp³-hybridized carbons (Fsp3) is 0.455. The highest BCUT2D eigenvalue weighted by Crippen LogP contribution is 2.29. The average molecular weight is 313 g/mol. The summed E-state index contributed by atoms with van der Waals surface area (Å²) in [6.07, 6.45) is 2.90. The molecule has 1 nitrogen and oxygen atoms in total. The maximum Gasteiger partial charge on any atom is 0.132 e. The van der Waals surface area contributed by atoms with Crippen molar-refractivity contribution in [3.05, 3.63) is 33.8 Å². The first-order valence-corrected chi connectivity index (χ1v) is 5.85. The van der Waals surface area contributed by atoms with Crippen molar-refractivity contribution in [3.8, 4) is 0 Å². The summed E-state index contributed by atoms with van der Waals surface area (Å²) in [6.45, 7) is 0.833. The van der Waals surface area contributed by atoms with E-state index in [1.807, 2.05) is 0 Å². The second-order valence-electron chi connectivity index (χ2n) is 3.79. The van der Waals surface area contributed by atoms with Gasteiger partial charge in [0.2, 0.25) is 0 Å². The van der Waals surface area contributed by atoms with Crippen LogP contribution in [0.5, 0.6) is 0 Å². The predicted octanol–water partition coefficient (Wildman–Crippen LogP) is 3.96. The number of hydrogen-bond donors (Lipinski definition) is 1. The summed E-state index contributed by atoms with van der Waals surface area (Å²) in [4.78, 5) is 0. The third kappa shape index (κ3) is 2.93. The molecular formula is C11H13BrClF2N. The minimum absolute atomic E-state index is 0. The van der Waals surface area contributed by atoms with Crippen LogP contribution in [0.2, 0.25) is 0 Å². The minimum Gasteiger partial charge on any atom is -0.310 e. The number of rotatable bonds is 1. The normalized spacial score (nSPS) is 20.3. The second-order valence-corrected chi connectivity index (χ2v) is 4.70. The van der Waals surface area contributed by atoms with Gasteiger partial charge < -0.3 is 5.32 Å². The highest BCUT2D eigenvalue weighted by atomic mass is 79.9. The van der Waals surface area contributed by atoms with Gasteiger partial charge in [-0.3, -0.25) is 0 Å². The molecule has 1 atom stereocenters. The van der Waals surface area contributed by atoms with E-state index in [9.17, 15) is 8.78 Å². The minimum atomic E-state index is -0.471. The van der Waals surface area contributed by atoms with Gasteiger partial charge in [-0.2, -0.15) is 0 Å². The lowest BCUT2D eigenvalue weighted by Crippen LogP contribution is -2.28. The maximum absolute atomic E-state index is 13.6. The van der Waals surface area contributed by atoms with Gasteiger partial charge >= 0.3 is 0 Å². The molecule has 0 aromatic heterocycles. The lowest BCUT2D eigenvalue weighted by molar-refractivity contribution is 0.385. The SMILES string of the molecule is Cl.Fc1cc(Br)cc(F)c1[C@H]1CCCCN1. The number of hydrogen-bond acceptors (Lipinski definition) is 1. The molecule has 0 saturated carbocycles. The molecule has 5 heteroatoms. The van der Waals surface area contributed by atoms with Crippen LogP contribution in [0.15, 0.2) is 16.6 Å². The Morgan fingerprint density at radius 1 is 1.19 bits per heavy atom. The van der Waals surface area contributed by atoms with Crippen LogP contribution in [0.25, 0.3) is 0 Å². The van der Waals surface area contributed by atoms with Crippen molar-refractivity contribution in [2.24, 2.45) is 0 Å². The molecule has 1 aromatic carbocycles. The van der Waals surface area contributed by atoms with Crippen molar-refractivity contribution in [3.63, 3.8) is 0 Å². The van der Waals surface area contributed by atoms with Gasteiger partial charge in [0.25, 0.3) is 0 Å². The van der Waals surface area contributed by atoms with E-state index in [2.05, 4.69) is 21.2 Å². The van der Waals surface area contributed by atoms with E-state index in [4.69, 9.17) is 0 Å². The number of benzene rings is 1. The quantitative estimate of drug-likeness (QED) is 0.827. The van der Waals surface area contributed by atoms with Gasteiger partial charge in [-0.1, -0.05) is 22.4 Å². The van der Waals surface area contributed by atoms with Gasteiger partial charge in [0, 0.05) is 16.1 Å². The highest BCUT2D eigenvalue weighted by molar-refractivity contribution is 9.10. The zero-order chi connectivity index (χ0) is 10.8. The molecule has 0 bridgehead atoms. The van der Waals surface area contributed by atoms with E-state index in [0.717, 1.165) is 25.8 Å². The Labute approximate surface area is 108 Å². The van der Waals surface area contributed by atoms with Gasteiger partial charge in [-0.25, -0.2) is 8.78 Å². The topological polar surface area (TPSA) is 12.0 Å². The summed E-state index contributed by atoms with van der Waals surface area (Å²) < 4.78 is 27.6. The fourth-order valence-corrected chi connectivity index (χ4v) is 2.39. The van der Waals surface area contributed by atoms with Gasteiger partial charge in [-0.15, -0.1) is 12.4 Å². The van der Waals surface area contributed by atoms with E-state index in [1.54, 1.807) is 0 Å². The zero-order valence-electron chi connectivity index (χ0n) is 8.60. The van der Waals surface area contributed by atoms with Gasteiger partial charge in [0.15, 0.2) is 0 Å². The van der Waals surface area contributed by atoms with Crippen molar-refractivity contribution >= 4 is 28.3 Å². The van der Waals surface area contributed by atoms with Crippen LogP contribution in [0.3, 0.4) is 0 Å². The number of nitrogens with one attached hydrogen (secondary N) is 1. The van der Waals surface area contributed by atoms with Crippen molar-refractivity contribution < 1.29 is 8.78 Å². The van der Waals surface area contributed by atoms with Gasteiger partial charge in [-0.05, 0) is 31.5 Å². The Morgan fingerprint density at radius 2 is 1.81 bits per heavy atom. The lowest BCUT2D eigenvalue weighted by atomic mass is 9.97. The largest absolute Gasteiger partial charge is 0.310 e. The monoisotopic (exact) mass is 311 g/mol. The van der Waals surface area contributed by atoms with Crippen LogP contribution in [0.1, 0.15) is 30.9 Å². The first kappa shape index (κ1) is 13.9. The third-order valence-electron chi connectivity index (χ3n) is 2.70. The standard InChI is InChI=1S/C11H12BrF2N.ClH/c12-7-5-8(13)11(9(14)6-7)10-3-1-2-4-15-10;/h5-6,10,15H,1-4H2;1H/t10-;/m1./s1. The highest BCUT2D eigenvalue weighted by Gasteiger charge is 2.22. The third-order valence-corrected chi connectivity index (χ3v) is 3.16. The predicted molar refractivity (Wildman–Crippen MR) is 65.9 cm³/mol. The van der Waals surface area contributed by atoms with Crippen LogP contribution in [0.4, 0.5) is 8.78 Å². The summed E-state index contributed by atoms with van der Waals surface area (Å²) in [6, 6.07) is 2.45. The van der Waals surface area contributed by atoms with E-state index in [1.165, 1.54) is 12.1 Å². The second kappa shape index (κ2) is 5.94. The molecule has 0 radical (unpaired) electrons. The molecule has 1 saturated heterocycles. The average Bonchev–Trinajstić information content (AvgIpc) is 2.17. The molecule has 1 fully saturated rings. The molecule has 90 valence electrons. The summed E-state index contributed by atoms with van der Waals surface area (Å²) in [7, 11) is 0. The van der Waals surface area contributed by atoms with Gasteiger partial charge in [0.1, 0.15) is 11.6 Å². The van der Waals surface area contributed by atoms with E-state index >= 15 is 0 Å². The summed E-state index contributed by atoms with van der Waals surface area (Å²) in [5.74, 6) is -0.942. The van der Waals surface area contributed by atoms with Crippen molar-refractivity contribution in [2.45, 2.75) is 25.3 Å². The molecule has 1 N–H and O–H groups in total. The number of piperidine rings is 1. The Morgan fingerprint density at radius 3 is 2.31 bits per heavy atom. The van der Waals surface area contributed by atoms with Crippen molar-refractivity contribution in [1.82, 2.24) is 5.32 Å². The Hall–Kier alpha value is -0.190. The lowest BCUT2D eigenvalue weighted by Gasteiger charge is -2.24. The van der Waals surface area contributed by atoms with Crippen LogP contribution in [-0.2, 0) is 0 Å². The smallest absolute Gasteiger partial charge is 0.132 e. The molecular weight excluding hydrogens is 299 g/mol. The van der Waals surface area contributed by atoms with Crippen LogP contribution in [-0.4, -0.2) is 6.54 Å².